The molecule has 3 rings (SSSR count). The lowest BCUT2D eigenvalue weighted by Crippen LogP contribution is -2.35. The summed E-state index contributed by atoms with van der Waals surface area (Å²) < 4.78 is 5.61. The molecular formula is C17H25N3O2. The fourth-order valence-corrected chi connectivity index (χ4v) is 3.29. The van der Waals surface area contributed by atoms with E-state index >= 15 is 0 Å². The third kappa shape index (κ3) is 3.97. The van der Waals surface area contributed by atoms with Crippen LogP contribution in [-0.4, -0.2) is 54.7 Å². The number of ether oxygens (including phenoxy) is 1. The van der Waals surface area contributed by atoms with Gasteiger partial charge in [-0.3, -0.25) is 9.78 Å². The maximum Gasteiger partial charge on any atom is 0.222 e. The maximum atomic E-state index is 12.4. The zero-order valence-corrected chi connectivity index (χ0v) is 13.1. The van der Waals surface area contributed by atoms with E-state index in [0.717, 1.165) is 58.5 Å². The van der Waals surface area contributed by atoms with Crippen molar-refractivity contribution in [2.75, 3.05) is 37.7 Å². The highest BCUT2D eigenvalue weighted by Gasteiger charge is 2.22. The van der Waals surface area contributed by atoms with Crippen LogP contribution in [0.3, 0.4) is 0 Å². The summed E-state index contributed by atoms with van der Waals surface area (Å²) in [5.74, 6) is 0.284. The van der Waals surface area contributed by atoms with Gasteiger partial charge in [0.2, 0.25) is 5.91 Å². The van der Waals surface area contributed by atoms with Gasteiger partial charge >= 0.3 is 0 Å². The van der Waals surface area contributed by atoms with Crippen molar-refractivity contribution in [2.24, 2.45) is 0 Å². The first kappa shape index (κ1) is 15.3. The second-order valence-corrected chi connectivity index (χ2v) is 6.10. The highest BCUT2D eigenvalue weighted by Crippen LogP contribution is 2.19. The Morgan fingerprint density at radius 2 is 2.05 bits per heavy atom. The van der Waals surface area contributed by atoms with E-state index in [-0.39, 0.29) is 5.91 Å². The molecule has 5 heteroatoms. The lowest BCUT2D eigenvalue weighted by atomic mass is 10.1. The molecule has 1 amide bonds. The molecule has 0 bridgehead atoms. The average Bonchev–Trinajstić information content (AvgIpc) is 2.96. The van der Waals surface area contributed by atoms with Crippen molar-refractivity contribution in [2.45, 2.75) is 38.2 Å². The highest BCUT2D eigenvalue weighted by molar-refractivity contribution is 5.76. The van der Waals surface area contributed by atoms with Crippen molar-refractivity contribution in [1.29, 1.82) is 0 Å². The van der Waals surface area contributed by atoms with Crippen molar-refractivity contribution in [3.05, 3.63) is 24.5 Å². The second kappa shape index (κ2) is 7.58. The van der Waals surface area contributed by atoms with Crippen LogP contribution in [-0.2, 0) is 9.53 Å². The van der Waals surface area contributed by atoms with Gasteiger partial charge in [0.1, 0.15) is 0 Å². The van der Waals surface area contributed by atoms with E-state index in [1.807, 2.05) is 29.4 Å². The van der Waals surface area contributed by atoms with Gasteiger partial charge in [-0.1, -0.05) is 0 Å². The number of nitrogens with zero attached hydrogens (tertiary/aromatic N) is 3. The molecule has 0 N–H and O–H groups in total. The summed E-state index contributed by atoms with van der Waals surface area (Å²) in [5.41, 5.74) is 1.20. The Hall–Kier alpha value is -1.62. The molecule has 22 heavy (non-hydrogen) atoms. The standard InChI is InChI=1S/C17H25N3O2/c21-17(5-4-16-3-1-14-22-16)20-11-2-10-19(12-13-20)15-6-8-18-9-7-15/h6-9,16H,1-5,10-14H2. The number of hydrogen-bond donors (Lipinski definition) is 0. The largest absolute Gasteiger partial charge is 0.378 e. The van der Waals surface area contributed by atoms with Crippen LogP contribution < -0.4 is 4.90 Å². The van der Waals surface area contributed by atoms with Crippen LogP contribution in [0.4, 0.5) is 5.69 Å². The number of pyridine rings is 1. The Kier molecular flexibility index (Phi) is 5.27. The molecule has 3 heterocycles. The molecular weight excluding hydrogens is 278 g/mol. The van der Waals surface area contributed by atoms with Crippen LogP contribution in [0, 0.1) is 0 Å². The van der Waals surface area contributed by atoms with Crippen molar-refractivity contribution >= 4 is 11.6 Å². The Morgan fingerprint density at radius 1 is 1.18 bits per heavy atom. The van der Waals surface area contributed by atoms with Crippen molar-refractivity contribution in [1.82, 2.24) is 9.88 Å². The number of amides is 1. The smallest absolute Gasteiger partial charge is 0.222 e. The molecule has 1 atom stereocenters. The van der Waals surface area contributed by atoms with Gasteiger partial charge in [-0.15, -0.1) is 0 Å². The molecule has 2 fully saturated rings. The molecule has 5 nitrogen and oxygen atoms in total. The van der Waals surface area contributed by atoms with Crippen LogP contribution in [0.25, 0.3) is 0 Å². The van der Waals surface area contributed by atoms with Gasteiger partial charge < -0.3 is 14.5 Å². The van der Waals surface area contributed by atoms with E-state index in [0.29, 0.717) is 12.5 Å². The Labute approximate surface area is 132 Å². The molecule has 0 aromatic carbocycles. The first-order valence-corrected chi connectivity index (χ1v) is 8.37. The van der Waals surface area contributed by atoms with Gasteiger partial charge in [0.15, 0.2) is 0 Å². The monoisotopic (exact) mass is 303 g/mol. The summed E-state index contributed by atoms with van der Waals surface area (Å²) in [7, 11) is 0. The molecule has 2 aliphatic heterocycles. The van der Waals surface area contributed by atoms with Crippen molar-refractivity contribution in [3.8, 4) is 0 Å². The molecule has 0 radical (unpaired) electrons. The second-order valence-electron chi connectivity index (χ2n) is 6.10. The van der Waals surface area contributed by atoms with Crippen LogP contribution in [0.1, 0.15) is 32.1 Å². The van der Waals surface area contributed by atoms with Gasteiger partial charge in [0, 0.05) is 57.3 Å². The lowest BCUT2D eigenvalue weighted by Gasteiger charge is -2.23. The summed E-state index contributed by atoms with van der Waals surface area (Å²) in [6.07, 6.45) is 8.74. The molecule has 2 saturated heterocycles. The summed E-state index contributed by atoms with van der Waals surface area (Å²) in [4.78, 5) is 20.8. The lowest BCUT2D eigenvalue weighted by molar-refractivity contribution is -0.131. The third-order valence-electron chi connectivity index (χ3n) is 4.58. The van der Waals surface area contributed by atoms with E-state index in [9.17, 15) is 4.79 Å². The van der Waals surface area contributed by atoms with E-state index in [1.54, 1.807) is 0 Å². The topological polar surface area (TPSA) is 45.7 Å². The fraction of sp³-hybridized carbons (Fsp3) is 0.647. The zero-order valence-electron chi connectivity index (χ0n) is 13.1. The fourth-order valence-electron chi connectivity index (χ4n) is 3.29. The summed E-state index contributed by atoms with van der Waals surface area (Å²) >= 11 is 0. The SMILES string of the molecule is O=C(CCC1CCCO1)N1CCCN(c2ccncc2)CC1. The van der Waals surface area contributed by atoms with Crippen LogP contribution in [0.5, 0.6) is 0 Å². The number of hydrogen-bond acceptors (Lipinski definition) is 4. The van der Waals surface area contributed by atoms with Gasteiger partial charge in [0.05, 0.1) is 6.10 Å². The molecule has 0 aliphatic carbocycles. The molecule has 0 spiro atoms. The minimum absolute atomic E-state index is 0.284. The number of anilines is 1. The van der Waals surface area contributed by atoms with E-state index < -0.39 is 0 Å². The maximum absolute atomic E-state index is 12.4. The van der Waals surface area contributed by atoms with Gasteiger partial charge in [-0.05, 0) is 37.8 Å². The summed E-state index contributed by atoms with van der Waals surface area (Å²) in [6, 6.07) is 4.07. The summed E-state index contributed by atoms with van der Waals surface area (Å²) in [5, 5.41) is 0. The number of rotatable bonds is 4. The zero-order chi connectivity index (χ0) is 15.2. The third-order valence-corrected chi connectivity index (χ3v) is 4.58. The van der Waals surface area contributed by atoms with E-state index in [2.05, 4.69) is 9.88 Å². The van der Waals surface area contributed by atoms with Crippen LogP contribution in [0.15, 0.2) is 24.5 Å². The number of carbonyl (C=O) groups excluding carboxylic acids is 1. The van der Waals surface area contributed by atoms with Crippen LogP contribution >= 0.6 is 0 Å². The Balaban J connectivity index is 1.48. The van der Waals surface area contributed by atoms with E-state index in [4.69, 9.17) is 4.74 Å². The first-order chi connectivity index (χ1) is 10.8. The summed E-state index contributed by atoms with van der Waals surface area (Å²) in [6.45, 7) is 4.44. The normalized spacial score (nSPS) is 22.6. The molecule has 1 aromatic heterocycles. The average molecular weight is 303 g/mol. The minimum Gasteiger partial charge on any atom is -0.378 e. The molecule has 120 valence electrons. The van der Waals surface area contributed by atoms with Gasteiger partial charge in [0.25, 0.3) is 0 Å². The predicted molar refractivity (Wildman–Crippen MR) is 85.9 cm³/mol. The van der Waals surface area contributed by atoms with E-state index in [1.165, 1.54) is 5.69 Å². The Morgan fingerprint density at radius 3 is 2.82 bits per heavy atom. The predicted octanol–water partition coefficient (Wildman–Crippen LogP) is 2.08. The first-order valence-electron chi connectivity index (χ1n) is 8.37. The molecule has 0 saturated carbocycles. The van der Waals surface area contributed by atoms with Crippen molar-refractivity contribution < 1.29 is 9.53 Å². The van der Waals surface area contributed by atoms with Crippen LogP contribution in [0.2, 0.25) is 0 Å². The van der Waals surface area contributed by atoms with Gasteiger partial charge in [-0.25, -0.2) is 0 Å². The molecule has 1 aromatic rings. The van der Waals surface area contributed by atoms with Gasteiger partial charge in [-0.2, -0.15) is 0 Å². The highest BCUT2D eigenvalue weighted by atomic mass is 16.5. The quantitative estimate of drug-likeness (QED) is 0.854. The van der Waals surface area contributed by atoms with Crippen molar-refractivity contribution in [3.63, 3.8) is 0 Å². The number of carbonyl (C=O) groups is 1. The minimum atomic E-state index is 0.284. The Bertz CT molecular complexity index is 474. The molecule has 2 aliphatic rings. The molecule has 1 unspecified atom stereocenters. The number of aromatic nitrogens is 1.